The number of aromatic nitrogens is 2. The third kappa shape index (κ3) is 2.35. The van der Waals surface area contributed by atoms with Gasteiger partial charge in [-0.3, -0.25) is 4.90 Å². The van der Waals surface area contributed by atoms with Gasteiger partial charge in [0.1, 0.15) is 0 Å². The number of likely N-dealkylation sites (tertiary alicyclic amines) is 1. The lowest BCUT2D eigenvalue weighted by Gasteiger charge is -2.23. The molecule has 1 aromatic heterocycles. The van der Waals surface area contributed by atoms with Crippen LogP contribution in [-0.4, -0.2) is 34.2 Å². The standard InChI is InChI=1S/C12H22N4O/c1-8(2)10-14-11(15-17-10)12(13)5-6-16(7-12)9(3)4/h8-9H,5-7,13H2,1-4H3. The van der Waals surface area contributed by atoms with Gasteiger partial charge in [0.15, 0.2) is 5.82 Å². The molecule has 2 heterocycles. The molecule has 1 unspecified atom stereocenters. The molecule has 5 nitrogen and oxygen atoms in total. The highest BCUT2D eigenvalue weighted by atomic mass is 16.5. The fourth-order valence-corrected chi connectivity index (χ4v) is 2.16. The molecule has 0 bridgehead atoms. The second-order valence-corrected chi connectivity index (χ2v) is 5.58. The van der Waals surface area contributed by atoms with Crippen LogP contribution in [0.25, 0.3) is 0 Å². The van der Waals surface area contributed by atoms with Crippen molar-refractivity contribution in [3.05, 3.63) is 11.7 Å². The van der Waals surface area contributed by atoms with Crippen molar-refractivity contribution in [1.29, 1.82) is 0 Å². The number of nitrogens with zero attached hydrogens (tertiary/aromatic N) is 3. The lowest BCUT2D eigenvalue weighted by molar-refractivity contribution is 0.252. The predicted molar refractivity (Wildman–Crippen MR) is 65.6 cm³/mol. The minimum absolute atomic E-state index is 0.252. The normalized spacial score (nSPS) is 26.3. The largest absolute Gasteiger partial charge is 0.339 e. The maximum Gasteiger partial charge on any atom is 0.229 e. The van der Waals surface area contributed by atoms with Crippen LogP contribution >= 0.6 is 0 Å². The quantitative estimate of drug-likeness (QED) is 0.863. The molecule has 2 rings (SSSR count). The molecule has 0 aliphatic carbocycles. The number of hydrogen-bond acceptors (Lipinski definition) is 5. The minimum Gasteiger partial charge on any atom is -0.339 e. The molecule has 0 radical (unpaired) electrons. The van der Waals surface area contributed by atoms with E-state index in [4.69, 9.17) is 10.3 Å². The molecule has 1 aliphatic rings. The van der Waals surface area contributed by atoms with Crippen LogP contribution < -0.4 is 5.73 Å². The van der Waals surface area contributed by atoms with Gasteiger partial charge in [-0.1, -0.05) is 19.0 Å². The van der Waals surface area contributed by atoms with Gasteiger partial charge >= 0.3 is 0 Å². The third-order valence-corrected chi connectivity index (χ3v) is 3.44. The van der Waals surface area contributed by atoms with Crippen molar-refractivity contribution in [3.63, 3.8) is 0 Å². The zero-order valence-electron chi connectivity index (χ0n) is 11.1. The van der Waals surface area contributed by atoms with E-state index in [-0.39, 0.29) is 5.92 Å². The van der Waals surface area contributed by atoms with Gasteiger partial charge in [-0.25, -0.2) is 0 Å². The zero-order chi connectivity index (χ0) is 12.6. The van der Waals surface area contributed by atoms with Crippen molar-refractivity contribution in [3.8, 4) is 0 Å². The molecule has 5 heteroatoms. The summed E-state index contributed by atoms with van der Waals surface area (Å²) in [6, 6.07) is 0.511. The number of nitrogens with two attached hydrogens (primary N) is 1. The summed E-state index contributed by atoms with van der Waals surface area (Å²) in [5.41, 5.74) is 5.95. The Labute approximate surface area is 102 Å². The van der Waals surface area contributed by atoms with E-state index in [1.807, 2.05) is 13.8 Å². The van der Waals surface area contributed by atoms with E-state index in [2.05, 4.69) is 28.9 Å². The second kappa shape index (κ2) is 4.38. The summed E-state index contributed by atoms with van der Waals surface area (Å²) in [6.45, 7) is 10.2. The Kier molecular flexibility index (Phi) is 3.23. The molecule has 1 aliphatic heterocycles. The molecule has 0 spiro atoms. The molecular weight excluding hydrogens is 216 g/mol. The Bertz CT molecular complexity index is 388. The van der Waals surface area contributed by atoms with Crippen LogP contribution in [-0.2, 0) is 5.54 Å². The monoisotopic (exact) mass is 238 g/mol. The van der Waals surface area contributed by atoms with E-state index in [0.29, 0.717) is 17.8 Å². The van der Waals surface area contributed by atoms with E-state index >= 15 is 0 Å². The van der Waals surface area contributed by atoms with E-state index in [1.54, 1.807) is 0 Å². The fraction of sp³-hybridized carbons (Fsp3) is 0.833. The molecule has 0 aromatic carbocycles. The van der Waals surface area contributed by atoms with Gasteiger partial charge in [-0.15, -0.1) is 0 Å². The molecule has 0 amide bonds. The first-order valence-electron chi connectivity index (χ1n) is 6.29. The highest BCUT2D eigenvalue weighted by molar-refractivity contribution is 5.10. The third-order valence-electron chi connectivity index (χ3n) is 3.44. The minimum atomic E-state index is -0.444. The molecule has 1 fully saturated rings. The maximum atomic E-state index is 6.40. The maximum absolute atomic E-state index is 6.40. The van der Waals surface area contributed by atoms with Gasteiger partial charge in [-0.05, 0) is 20.3 Å². The van der Waals surface area contributed by atoms with Gasteiger partial charge in [0, 0.05) is 25.0 Å². The van der Waals surface area contributed by atoms with E-state index < -0.39 is 5.54 Å². The molecule has 17 heavy (non-hydrogen) atoms. The Morgan fingerprint density at radius 1 is 1.35 bits per heavy atom. The average Bonchev–Trinajstić information content (AvgIpc) is 2.83. The smallest absolute Gasteiger partial charge is 0.229 e. The first-order valence-corrected chi connectivity index (χ1v) is 6.29. The summed E-state index contributed by atoms with van der Waals surface area (Å²) >= 11 is 0. The van der Waals surface area contributed by atoms with Crippen LogP contribution in [0, 0.1) is 0 Å². The first kappa shape index (κ1) is 12.5. The van der Waals surface area contributed by atoms with Gasteiger partial charge in [0.05, 0.1) is 5.54 Å². The average molecular weight is 238 g/mol. The Morgan fingerprint density at radius 2 is 2.06 bits per heavy atom. The van der Waals surface area contributed by atoms with Gasteiger partial charge in [0.2, 0.25) is 5.89 Å². The Balaban J connectivity index is 2.16. The molecule has 1 aromatic rings. The highest BCUT2D eigenvalue weighted by Crippen LogP contribution is 2.29. The first-order chi connectivity index (χ1) is 7.92. The lowest BCUT2D eigenvalue weighted by Crippen LogP contribution is -2.42. The Hall–Kier alpha value is -0.940. The summed E-state index contributed by atoms with van der Waals surface area (Å²) in [4.78, 5) is 6.78. The van der Waals surface area contributed by atoms with Crippen LogP contribution in [0.4, 0.5) is 0 Å². The van der Waals surface area contributed by atoms with Crippen molar-refractivity contribution >= 4 is 0 Å². The van der Waals surface area contributed by atoms with Crippen molar-refractivity contribution in [2.24, 2.45) is 5.73 Å². The van der Waals surface area contributed by atoms with Crippen LogP contribution in [0.3, 0.4) is 0 Å². The van der Waals surface area contributed by atoms with Crippen molar-refractivity contribution in [2.75, 3.05) is 13.1 Å². The van der Waals surface area contributed by atoms with Crippen molar-refractivity contribution in [2.45, 2.75) is 51.6 Å². The number of hydrogen-bond donors (Lipinski definition) is 1. The molecule has 2 N–H and O–H groups in total. The summed E-state index contributed by atoms with van der Waals surface area (Å²) in [5.74, 6) is 1.58. The highest BCUT2D eigenvalue weighted by Gasteiger charge is 2.40. The predicted octanol–water partition coefficient (Wildman–Crippen LogP) is 1.46. The van der Waals surface area contributed by atoms with E-state index in [0.717, 1.165) is 19.5 Å². The Morgan fingerprint density at radius 3 is 2.53 bits per heavy atom. The summed E-state index contributed by atoms with van der Waals surface area (Å²) < 4.78 is 5.24. The fourth-order valence-electron chi connectivity index (χ4n) is 2.16. The van der Waals surface area contributed by atoms with Crippen LogP contribution in [0.15, 0.2) is 4.52 Å². The van der Waals surface area contributed by atoms with Gasteiger partial charge in [-0.2, -0.15) is 4.98 Å². The number of rotatable bonds is 3. The SMILES string of the molecule is CC(C)c1nc(C2(N)CCN(C(C)C)C2)no1. The van der Waals surface area contributed by atoms with Crippen molar-refractivity contribution < 1.29 is 4.52 Å². The van der Waals surface area contributed by atoms with Crippen molar-refractivity contribution in [1.82, 2.24) is 15.0 Å². The van der Waals surface area contributed by atoms with Gasteiger partial charge < -0.3 is 10.3 Å². The summed E-state index contributed by atoms with van der Waals surface area (Å²) in [7, 11) is 0. The molecular formula is C12H22N4O. The molecule has 0 saturated carbocycles. The van der Waals surface area contributed by atoms with E-state index in [9.17, 15) is 0 Å². The van der Waals surface area contributed by atoms with Crippen LogP contribution in [0.2, 0.25) is 0 Å². The zero-order valence-corrected chi connectivity index (χ0v) is 11.1. The molecule has 96 valence electrons. The topological polar surface area (TPSA) is 68.2 Å². The van der Waals surface area contributed by atoms with E-state index in [1.165, 1.54) is 0 Å². The summed E-state index contributed by atoms with van der Waals surface area (Å²) in [5, 5.41) is 4.05. The van der Waals surface area contributed by atoms with Crippen LogP contribution in [0.5, 0.6) is 0 Å². The lowest BCUT2D eigenvalue weighted by atomic mass is 9.99. The molecule has 1 saturated heterocycles. The van der Waals surface area contributed by atoms with Gasteiger partial charge in [0.25, 0.3) is 0 Å². The van der Waals surface area contributed by atoms with Crippen LogP contribution in [0.1, 0.15) is 51.7 Å². The second-order valence-electron chi connectivity index (χ2n) is 5.58. The summed E-state index contributed by atoms with van der Waals surface area (Å²) in [6.07, 6.45) is 0.891. The molecule has 1 atom stereocenters.